The van der Waals surface area contributed by atoms with Crippen LogP contribution in [0.3, 0.4) is 0 Å². The second-order valence-electron chi connectivity index (χ2n) is 2.86. The summed E-state index contributed by atoms with van der Waals surface area (Å²) < 4.78 is 10.5. The highest BCUT2D eigenvalue weighted by atomic mass is 31.2. The number of benzene rings is 1. The maximum absolute atomic E-state index is 10.5. The molecule has 1 rings (SSSR count). The van der Waals surface area contributed by atoms with E-state index in [0.29, 0.717) is 0 Å². The lowest BCUT2D eigenvalue weighted by Gasteiger charge is -2.07. The molecule has 0 spiro atoms. The summed E-state index contributed by atoms with van der Waals surface area (Å²) >= 11 is 0. The molecule has 0 amide bonds. The first-order valence-corrected chi connectivity index (χ1v) is 5.84. The molecule has 0 bridgehead atoms. The molecule has 0 aliphatic heterocycles. The fraction of sp³-hybridized carbons (Fsp3) is 0.250. The third-order valence-electron chi connectivity index (χ3n) is 1.60. The summed E-state index contributed by atoms with van der Waals surface area (Å²) in [6.45, 7) is 0.203. The number of hydrogen-bond donors (Lipinski definition) is 4. The average Bonchev–Trinajstić information content (AvgIpc) is 2.06. The van der Waals surface area contributed by atoms with Crippen LogP contribution in [0.25, 0.3) is 0 Å². The molecular formula is C8H12NO4P. The van der Waals surface area contributed by atoms with E-state index < -0.39 is 7.60 Å². The quantitative estimate of drug-likeness (QED) is 0.446. The van der Waals surface area contributed by atoms with Crippen LogP contribution in [0.1, 0.15) is 0 Å². The zero-order valence-corrected chi connectivity index (χ0v) is 8.32. The summed E-state index contributed by atoms with van der Waals surface area (Å²) in [6, 6.07) is 6.27. The molecule has 4 N–H and O–H groups in total. The molecule has 0 unspecified atom stereocenters. The summed E-state index contributed by atoms with van der Waals surface area (Å²) in [5, 5.41) is 11.8. The van der Waals surface area contributed by atoms with E-state index in [9.17, 15) is 4.57 Å². The summed E-state index contributed by atoms with van der Waals surface area (Å²) in [5.74, 6) is 0.158. The smallest absolute Gasteiger partial charge is 0.327 e. The van der Waals surface area contributed by atoms with Crippen molar-refractivity contribution < 1.29 is 19.5 Å². The molecule has 0 saturated carbocycles. The Labute approximate surface area is 81.6 Å². The first-order valence-electron chi connectivity index (χ1n) is 4.05. The summed E-state index contributed by atoms with van der Waals surface area (Å²) in [4.78, 5) is 17.1. The minimum atomic E-state index is -3.92. The lowest BCUT2D eigenvalue weighted by Crippen LogP contribution is -2.06. The molecule has 0 aliphatic rings. The molecule has 0 saturated heterocycles. The van der Waals surface area contributed by atoms with Crippen LogP contribution in [0.15, 0.2) is 24.3 Å². The van der Waals surface area contributed by atoms with E-state index in [4.69, 9.17) is 14.9 Å². The Kier molecular flexibility index (Phi) is 3.52. The maximum Gasteiger partial charge on any atom is 0.327 e. The summed E-state index contributed by atoms with van der Waals surface area (Å²) in [6.07, 6.45) is -0.201. The van der Waals surface area contributed by atoms with E-state index in [1.807, 2.05) is 0 Å². The molecule has 0 fully saturated rings. The van der Waals surface area contributed by atoms with Crippen LogP contribution in [0.4, 0.5) is 5.69 Å². The van der Waals surface area contributed by atoms with Crippen LogP contribution >= 0.6 is 7.60 Å². The largest absolute Gasteiger partial charge is 0.508 e. The first-order chi connectivity index (χ1) is 6.47. The van der Waals surface area contributed by atoms with Crippen molar-refractivity contribution in [2.24, 2.45) is 0 Å². The molecule has 14 heavy (non-hydrogen) atoms. The fourth-order valence-corrected chi connectivity index (χ4v) is 1.33. The number of nitrogens with one attached hydrogen (secondary N) is 1. The third kappa shape index (κ3) is 4.28. The Balaban J connectivity index is 2.39. The third-order valence-corrected chi connectivity index (χ3v) is 2.41. The highest BCUT2D eigenvalue weighted by Crippen LogP contribution is 2.33. The molecule has 0 heterocycles. The van der Waals surface area contributed by atoms with Gasteiger partial charge < -0.3 is 20.2 Å². The number of phenolic OH excluding ortho intramolecular Hbond substituents is 1. The van der Waals surface area contributed by atoms with Crippen LogP contribution in [-0.2, 0) is 4.57 Å². The van der Waals surface area contributed by atoms with Crippen molar-refractivity contribution in [1.29, 1.82) is 0 Å². The van der Waals surface area contributed by atoms with Crippen molar-refractivity contribution in [2.75, 3.05) is 18.0 Å². The number of aromatic hydroxyl groups is 1. The highest BCUT2D eigenvalue weighted by molar-refractivity contribution is 7.51. The molecule has 0 aliphatic carbocycles. The van der Waals surface area contributed by atoms with Gasteiger partial charge in [-0.25, -0.2) is 0 Å². The van der Waals surface area contributed by atoms with Crippen molar-refractivity contribution >= 4 is 13.3 Å². The lowest BCUT2D eigenvalue weighted by atomic mass is 10.3. The normalized spacial score (nSPS) is 11.3. The van der Waals surface area contributed by atoms with Gasteiger partial charge in [-0.1, -0.05) is 0 Å². The van der Waals surface area contributed by atoms with Gasteiger partial charge in [0.1, 0.15) is 5.75 Å². The SMILES string of the molecule is O=P(O)(O)CCNc1ccc(O)cc1. The molecule has 0 radical (unpaired) electrons. The van der Waals surface area contributed by atoms with Crippen molar-refractivity contribution in [2.45, 2.75) is 0 Å². The van der Waals surface area contributed by atoms with Gasteiger partial charge in [0.05, 0.1) is 6.16 Å². The van der Waals surface area contributed by atoms with Crippen molar-refractivity contribution in [3.8, 4) is 5.75 Å². The van der Waals surface area contributed by atoms with E-state index in [1.165, 1.54) is 12.1 Å². The lowest BCUT2D eigenvalue weighted by molar-refractivity contribution is 0.374. The van der Waals surface area contributed by atoms with E-state index in [0.717, 1.165) is 5.69 Å². The Hall–Kier alpha value is -1.03. The molecule has 5 nitrogen and oxygen atoms in total. The zero-order chi connectivity index (χ0) is 10.6. The Bertz CT molecular complexity index is 332. The minimum absolute atomic E-state index is 0.158. The van der Waals surface area contributed by atoms with Crippen LogP contribution < -0.4 is 5.32 Å². The summed E-state index contributed by atoms with van der Waals surface area (Å²) in [5.41, 5.74) is 0.719. The van der Waals surface area contributed by atoms with Crippen molar-refractivity contribution in [3.05, 3.63) is 24.3 Å². The highest BCUT2D eigenvalue weighted by Gasteiger charge is 2.11. The van der Waals surface area contributed by atoms with Crippen molar-refractivity contribution in [1.82, 2.24) is 0 Å². The zero-order valence-electron chi connectivity index (χ0n) is 7.42. The molecule has 6 heteroatoms. The van der Waals surface area contributed by atoms with Crippen molar-refractivity contribution in [3.63, 3.8) is 0 Å². The average molecular weight is 217 g/mol. The fourth-order valence-electron chi connectivity index (χ4n) is 0.925. The van der Waals surface area contributed by atoms with Gasteiger partial charge in [0, 0.05) is 12.2 Å². The van der Waals surface area contributed by atoms with E-state index in [1.54, 1.807) is 12.1 Å². The monoisotopic (exact) mass is 217 g/mol. The molecule has 78 valence electrons. The van der Waals surface area contributed by atoms with Gasteiger partial charge in [0.2, 0.25) is 0 Å². The van der Waals surface area contributed by atoms with Gasteiger partial charge in [-0.3, -0.25) is 4.57 Å². The second-order valence-corrected chi connectivity index (χ2v) is 4.64. The summed E-state index contributed by atoms with van der Waals surface area (Å²) in [7, 11) is -3.92. The van der Waals surface area contributed by atoms with Gasteiger partial charge >= 0.3 is 7.60 Å². The number of phenols is 1. The van der Waals surface area contributed by atoms with Gasteiger partial charge in [0.15, 0.2) is 0 Å². The first kappa shape index (κ1) is 11.0. The Morgan fingerprint density at radius 1 is 1.21 bits per heavy atom. The molecule has 1 aromatic rings. The van der Waals surface area contributed by atoms with E-state index in [2.05, 4.69) is 5.32 Å². The minimum Gasteiger partial charge on any atom is -0.508 e. The van der Waals surface area contributed by atoms with Gasteiger partial charge in [-0.2, -0.15) is 0 Å². The van der Waals surface area contributed by atoms with Crippen LogP contribution in [0.2, 0.25) is 0 Å². The van der Waals surface area contributed by atoms with E-state index >= 15 is 0 Å². The van der Waals surface area contributed by atoms with Crippen LogP contribution in [-0.4, -0.2) is 27.6 Å². The van der Waals surface area contributed by atoms with Crippen LogP contribution in [0.5, 0.6) is 5.75 Å². The topological polar surface area (TPSA) is 89.8 Å². The predicted molar refractivity (Wildman–Crippen MR) is 53.5 cm³/mol. The Morgan fingerprint density at radius 3 is 2.29 bits per heavy atom. The van der Waals surface area contributed by atoms with Crippen LogP contribution in [0, 0.1) is 0 Å². The van der Waals surface area contributed by atoms with E-state index in [-0.39, 0.29) is 18.5 Å². The predicted octanol–water partition coefficient (Wildman–Crippen LogP) is 0.982. The molecule has 0 atom stereocenters. The molecule has 0 aromatic heterocycles. The number of rotatable bonds is 4. The van der Waals surface area contributed by atoms with Gasteiger partial charge in [-0.05, 0) is 24.3 Å². The van der Waals surface area contributed by atoms with Gasteiger partial charge in [0.25, 0.3) is 0 Å². The number of anilines is 1. The molecule has 1 aromatic carbocycles. The number of hydrogen-bond acceptors (Lipinski definition) is 3. The standard InChI is InChI=1S/C8H12NO4P/c10-8-3-1-7(2-4-8)9-5-6-14(11,12)13/h1-4,9-10H,5-6H2,(H2,11,12,13). The molecular weight excluding hydrogens is 205 g/mol. The Morgan fingerprint density at radius 2 is 1.79 bits per heavy atom. The maximum atomic E-state index is 10.5. The van der Waals surface area contributed by atoms with Gasteiger partial charge in [-0.15, -0.1) is 0 Å². The second kappa shape index (κ2) is 4.46.